The molecular weight excluding hydrogens is 414 g/mol. The van der Waals surface area contributed by atoms with Crippen molar-refractivity contribution in [3.05, 3.63) is 0 Å². The highest BCUT2D eigenvalue weighted by Crippen LogP contribution is 2.16. The van der Waals surface area contributed by atoms with Gasteiger partial charge in [0.15, 0.2) is 0 Å². The summed E-state index contributed by atoms with van der Waals surface area (Å²) in [6.45, 7) is 0. The predicted octanol–water partition coefficient (Wildman–Crippen LogP) is 9.56. The fourth-order valence-electron chi connectivity index (χ4n) is 4.52. The maximum absolute atomic E-state index is 10.9. The molecule has 0 aliphatic rings. The number of hydrogen-bond acceptors (Lipinski definition) is 3. The van der Waals surface area contributed by atoms with Crippen LogP contribution >= 0.6 is 12.6 Å². The number of carbonyl (C=O) groups is 1. The minimum atomic E-state index is -0.257. The van der Waals surface area contributed by atoms with Crippen LogP contribution in [0.5, 0.6) is 0 Å². The molecule has 0 aromatic heterocycles. The SMILES string of the molecule is O=C(CCCCCCCCCCCCCCCCCCCCCCCCCCCS)NO. The van der Waals surface area contributed by atoms with Crippen molar-refractivity contribution >= 4 is 18.5 Å². The second kappa shape index (κ2) is 28.8. The molecule has 0 bridgehead atoms. The van der Waals surface area contributed by atoms with E-state index in [0.29, 0.717) is 6.42 Å². The zero-order chi connectivity index (χ0) is 23.4. The molecule has 0 atom stereocenters. The lowest BCUT2D eigenvalue weighted by atomic mass is 10.0. The number of hydrogen-bond donors (Lipinski definition) is 3. The molecule has 32 heavy (non-hydrogen) atoms. The Morgan fingerprint density at radius 1 is 0.438 bits per heavy atom. The van der Waals surface area contributed by atoms with Crippen molar-refractivity contribution in [1.82, 2.24) is 5.48 Å². The van der Waals surface area contributed by atoms with Crippen molar-refractivity contribution in [2.45, 2.75) is 167 Å². The summed E-state index contributed by atoms with van der Waals surface area (Å²) in [5.41, 5.74) is 1.69. The Kier molecular flexibility index (Phi) is 28.6. The maximum atomic E-state index is 10.9. The van der Waals surface area contributed by atoms with Gasteiger partial charge in [0.25, 0.3) is 0 Å². The van der Waals surface area contributed by atoms with Crippen LogP contribution in [-0.4, -0.2) is 16.9 Å². The van der Waals surface area contributed by atoms with E-state index >= 15 is 0 Å². The van der Waals surface area contributed by atoms with E-state index in [1.54, 1.807) is 5.48 Å². The summed E-state index contributed by atoms with van der Waals surface area (Å²) in [5.74, 6) is 0.800. The molecule has 0 spiro atoms. The maximum Gasteiger partial charge on any atom is 0.243 e. The van der Waals surface area contributed by atoms with E-state index in [1.165, 1.54) is 148 Å². The summed E-state index contributed by atoms with van der Waals surface area (Å²) in [6.07, 6.45) is 34.8. The third-order valence-corrected chi connectivity index (χ3v) is 7.00. The minimum absolute atomic E-state index is 0.257. The Balaban J connectivity index is 3.02. The van der Waals surface area contributed by atoms with E-state index in [1.807, 2.05) is 0 Å². The van der Waals surface area contributed by atoms with Gasteiger partial charge in [-0.25, -0.2) is 5.48 Å². The highest BCUT2D eigenvalue weighted by molar-refractivity contribution is 7.80. The number of thiol groups is 1. The average Bonchev–Trinajstić information content (AvgIpc) is 2.81. The first-order valence-corrected chi connectivity index (χ1v) is 15.0. The normalized spacial score (nSPS) is 11.2. The molecule has 0 aliphatic heterocycles. The van der Waals surface area contributed by atoms with Crippen molar-refractivity contribution in [2.24, 2.45) is 0 Å². The van der Waals surface area contributed by atoms with Gasteiger partial charge in [0.1, 0.15) is 0 Å². The van der Waals surface area contributed by atoms with Crippen molar-refractivity contribution in [3.63, 3.8) is 0 Å². The molecule has 0 fully saturated rings. The Bertz CT molecular complexity index is 365. The lowest BCUT2D eigenvalue weighted by molar-refractivity contribution is -0.129. The van der Waals surface area contributed by atoms with E-state index in [4.69, 9.17) is 5.21 Å². The lowest BCUT2D eigenvalue weighted by Gasteiger charge is -2.04. The summed E-state index contributed by atoms with van der Waals surface area (Å²) >= 11 is 4.27. The highest BCUT2D eigenvalue weighted by Gasteiger charge is 1.99. The van der Waals surface area contributed by atoms with Crippen LogP contribution in [0.25, 0.3) is 0 Å². The number of amides is 1. The van der Waals surface area contributed by atoms with Crippen LogP contribution in [0.3, 0.4) is 0 Å². The van der Waals surface area contributed by atoms with Gasteiger partial charge in [0, 0.05) is 6.42 Å². The number of nitrogens with one attached hydrogen (secondary N) is 1. The first-order chi connectivity index (χ1) is 15.8. The second-order valence-corrected chi connectivity index (χ2v) is 10.3. The van der Waals surface area contributed by atoms with E-state index in [2.05, 4.69) is 12.6 Å². The van der Waals surface area contributed by atoms with E-state index in [-0.39, 0.29) is 5.91 Å². The molecule has 0 radical (unpaired) electrons. The Morgan fingerprint density at radius 3 is 0.875 bits per heavy atom. The van der Waals surface area contributed by atoms with Crippen LogP contribution in [0.4, 0.5) is 0 Å². The largest absolute Gasteiger partial charge is 0.289 e. The number of unbranched alkanes of at least 4 members (excludes halogenated alkanes) is 24. The van der Waals surface area contributed by atoms with Crippen LogP contribution in [0.2, 0.25) is 0 Å². The fourth-order valence-corrected chi connectivity index (χ4v) is 4.74. The van der Waals surface area contributed by atoms with Crippen LogP contribution in [0, 0.1) is 0 Å². The quantitative estimate of drug-likeness (QED) is 0.0483. The van der Waals surface area contributed by atoms with Crippen molar-refractivity contribution < 1.29 is 10.0 Å². The molecule has 0 heterocycles. The van der Waals surface area contributed by atoms with Crippen LogP contribution in [-0.2, 0) is 4.79 Å². The summed E-state index contributed by atoms with van der Waals surface area (Å²) in [4.78, 5) is 10.9. The molecular formula is C28H57NO2S. The first-order valence-electron chi connectivity index (χ1n) is 14.3. The van der Waals surface area contributed by atoms with Gasteiger partial charge < -0.3 is 0 Å². The van der Waals surface area contributed by atoms with Crippen molar-refractivity contribution in [1.29, 1.82) is 0 Å². The monoisotopic (exact) mass is 471 g/mol. The standard InChI is InChI=1S/C28H57NO2S/c30-28(29-31)26-24-22-20-18-16-14-12-10-8-6-4-2-1-3-5-7-9-11-13-15-17-19-21-23-25-27-32/h31-32H,1-27H2,(H,29,30). The zero-order valence-electron chi connectivity index (χ0n) is 21.4. The van der Waals surface area contributed by atoms with E-state index in [9.17, 15) is 4.79 Å². The molecule has 0 aliphatic carbocycles. The van der Waals surface area contributed by atoms with Gasteiger partial charge in [-0.2, -0.15) is 12.6 Å². The molecule has 0 saturated carbocycles. The summed E-state index contributed by atoms with van der Waals surface area (Å²) < 4.78 is 0. The Labute approximate surface area is 206 Å². The molecule has 3 nitrogen and oxygen atoms in total. The first kappa shape index (κ1) is 31.8. The molecule has 0 saturated heterocycles. The Hall–Kier alpha value is -0.220. The predicted molar refractivity (Wildman–Crippen MR) is 144 cm³/mol. The number of carbonyl (C=O) groups excluding carboxylic acids is 1. The third kappa shape index (κ3) is 27.8. The minimum Gasteiger partial charge on any atom is -0.289 e. The molecule has 0 aromatic carbocycles. The molecule has 2 N–H and O–H groups in total. The second-order valence-electron chi connectivity index (χ2n) is 9.85. The third-order valence-electron chi connectivity index (χ3n) is 6.69. The topological polar surface area (TPSA) is 49.3 Å². The van der Waals surface area contributed by atoms with Gasteiger partial charge in [0.05, 0.1) is 0 Å². The van der Waals surface area contributed by atoms with Crippen molar-refractivity contribution in [3.8, 4) is 0 Å². The summed E-state index contributed by atoms with van der Waals surface area (Å²) in [6, 6.07) is 0. The zero-order valence-corrected chi connectivity index (χ0v) is 22.3. The molecule has 0 rings (SSSR count). The van der Waals surface area contributed by atoms with Crippen LogP contribution < -0.4 is 5.48 Å². The van der Waals surface area contributed by atoms with Crippen molar-refractivity contribution in [2.75, 3.05) is 5.75 Å². The summed E-state index contributed by atoms with van der Waals surface area (Å²) in [5, 5.41) is 8.43. The lowest BCUT2D eigenvalue weighted by Crippen LogP contribution is -2.17. The Morgan fingerprint density at radius 2 is 0.656 bits per heavy atom. The van der Waals surface area contributed by atoms with Crippen LogP contribution in [0.1, 0.15) is 167 Å². The van der Waals surface area contributed by atoms with Gasteiger partial charge in [-0.05, 0) is 18.6 Å². The van der Waals surface area contributed by atoms with Gasteiger partial charge in [0.2, 0.25) is 5.91 Å². The average molecular weight is 472 g/mol. The number of hydroxylamine groups is 1. The molecule has 1 amide bonds. The fraction of sp³-hybridized carbons (Fsp3) is 0.964. The van der Waals surface area contributed by atoms with Gasteiger partial charge in [-0.3, -0.25) is 10.0 Å². The smallest absolute Gasteiger partial charge is 0.243 e. The van der Waals surface area contributed by atoms with Crippen LogP contribution in [0.15, 0.2) is 0 Å². The van der Waals surface area contributed by atoms with E-state index in [0.717, 1.165) is 18.6 Å². The highest BCUT2D eigenvalue weighted by atomic mass is 32.1. The number of rotatable bonds is 27. The van der Waals surface area contributed by atoms with Gasteiger partial charge >= 0.3 is 0 Å². The molecule has 4 heteroatoms. The molecule has 0 unspecified atom stereocenters. The van der Waals surface area contributed by atoms with Gasteiger partial charge in [-0.15, -0.1) is 0 Å². The molecule has 192 valence electrons. The summed E-state index contributed by atoms with van der Waals surface area (Å²) in [7, 11) is 0. The van der Waals surface area contributed by atoms with E-state index < -0.39 is 0 Å². The van der Waals surface area contributed by atoms with Gasteiger partial charge in [-0.1, -0.05) is 148 Å². The molecule has 0 aromatic rings.